The summed E-state index contributed by atoms with van der Waals surface area (Å²) in [5, 5.41) is 12.6. The fourth-order valence-corrected chi connectivity index (χ4v) is 4.54. The van der Waals surface area contributed by atoms with Crippen molar-refractivity contribution in [1.82, 2.24) is 20.1 Å². The first-order chi connectivity index (χ1) is 15.5. The van der Waals surface area contributed by atoms with Crippen molar-refractivity contribution < 1.29 is 13.5 Å². The molecule has 0 radical (unpaired) electrons. The maximum absolute atomic E-state index is 14.3. The molecular formula is C23H26F2N6O. The van der Waals surface area contributed by atoms with Gasteiger partial charge in [-0.25, -0.2) is 8.78 Å². The van der Waals surface area contributed by atoms with E-state index in [2.05, 4.69) is 36.4 Å². The highest BCUT2D eigenvalue weighted by Gasteiger charge is 2.30. The van der Waals surface area contributed by atoms with E-state index in [0.29, 0.717) is 17.4 Å². The number of ether oxygens (including phenoxy) is 1. The number of aromatic nitrogens is 3. The Morgan fingerprint density at radius 3 is 2.88 bits per heavy atom. The number of morpholine rings is 1. The van der Waals surface area contributed by atoms with E-state index in [0.717, 1.165) is 67.7 Å². The van der Waals surface area contributed by atoms with Crippen LogP contribution in [0.4, 0.5) is 20.3 Å². The SMILES string of the molecule is Cc1nnc(N[C@H](C)c2ccc(F)cc2F)c2cc(N3CCN4CCOC[C@@H]4C3)cnc12. The van der Waals surface area contributed by atoms with Crippen LogP contribution in [0.15, 0.2) is 30.5 Å². The van der Waals surface area contributed by atoms with E-state index in [-0.39, 0.29) is 0 Å². The van der Waals surface area contributed by atoms with Crippen molar-refractivity contribution in [3.63, 3.8) is 0 Å². The Morgan fingerprint density at radius 2 is 2.03 bits per heavy atom. The molecule has 3 aromatic rings. The van der Waals surface area contributed by atoms with E-state index in [1.165, 1.54) is 12.1 Å². The van der Waals surface area contributed by atoms with Crippen molar-refractivity contribution in [1.29, 1.82) is 0 Å². The monoisotopic (exact) mass is 440 g/mol. The van der Waals surface area contributed by atoms with Crippen LogP contribution in [0.2, 0.25) is 0 Å². The molecule has 0 saturated carbocycles. The van der Waals surface area contributed by atoms with Crippen LogP contribution in [0.5, 0.6) is 0 Å². The summed E-state index contributed by atoms with van der Waals surface area (Å²) in [6, 6.07) is 5.61. The number of fused-ring (bicyclic) bond motifs is 2. The van der Waals surface area contributed by atoms with Crippen molar-refractivity contribution in [3.8, 4) is 0 Å². The van der Waals surface area contributed by atoms with Crippen molar-refractivity contribution in [3.05, 3.63) is 53.4 Å². The first-order valence-electron chi connectivity index (χ1n) is 10.9. The second-order valence-corrected chi connectivity index (χ2v) is 8.47. The zero-order valence-corrected chi connectivity index (χ0v) is 18.2. The normalized spacial score (nSPS) is 20.2. The van der Waals surface area contributed by atoms with E-state index in [9.17, 15) is 8.78 Å². The summed E-state index contributed by atoms with van der Waals surface area (Å²) in [6.45, 7) is 8.99. The van der Waals surface area contributed by atoms with Gasteiger partial charge >= 0.3 is 0 Å². The second kappa shape index (κ2) is 8.55. The average molecular weight is 440 g/mol. The summed E-state index contributed by atoms with van der Waals surface area (Å²) < 4.78 is 33.2. The summed E-state index contributed by atoms with van der Waals surface area (Å²) >= 11 is 0. The van der Waals surface area contributed by atoms with Gasteiger partial charge in [-0.15, -0.1) is 5.10 Å². The van der Waals surface area contributed by atoms with Crippen LogP contribution in [-0.2, 0) is 4.74 Å². The number of aryl methyl sites for hydroxylation is 1. The number of nitrogens with zero attached hydrogens (tertiary/aromatic N) is 5. The van der Waals surface area contributed by atoms with E-state index in [4.69, 9.17) is 4.74 Å². The van der Waals surface area contributed by atoms with Crippen molar-refractivity contribution in [2.75, 3.05) is 49.6 Å². The molecule has 7 nitrogen and oxygen atoms in total. The quantitative estimate of drug-likeness (QED) is 0.668. The summed E-state index contributed by atoms with van der Waals surface area (Å²) in [5.41, 5.74) is 2.85. The summed E-state index contributed by atoms with van der Waals surface area (Å²) in [4.78, 5) is 9.48. The van der Waals surface area contributed by atoms with Crippen molar-refractivity contribution in [2.45, 2.75) is 25.9 Å². The molecule has 168 valence electrons. The molecule has 1 aromatic carbocycles. The Bertz CT molecular complexity index is 1140. The Kier molecular flexibility index (Phi) is 5.60. The first kappa shape index (κ1) is 21.0. The minimum absolute atomic E-state index is 0.361. The van der Waals surface area contributed by atoms with Gasteiger partial charge in [0.25, 0.3) is 0 Å². The molecule has 2 aliphatic rings. The molecule has 0 bridgehead atoms. The largest absolute Gasteiger partial charge is 0.378 e. The number of hydrogen-bond donors (Lipinski definition) is 1. The summed E-state index contributed by atoms with van der Waals surface area (Å²) in [7, 11) is 0. The molecule has 2 aliphatic heterocycles. The van der Waals surface area contributed by atoms with Gasteiger partial charge in [0.1, 0.15) is 11.6 Å². The standard InChI is InChI=1S/C23H26F2N6O/c1-14(19-4-3-16(24)9-21(19)25)27-23-20-10-17(11-26-22(20)15(2)28-29-23)31-6-5-30-7-8-32-13-18(30)12-31/h3-4,9-11,14,18H,5-8,12-13H2,1-2H3,(H,27,29)/t14-,18+/m1/s1. The minimum atomic E-state index is -0.601. The third kappa shape index (κ3) is 3.98. The van der Waals surface area contributed by atoms with Crippen molar-refractivity contribution >= 4 is 22.4 Å². The highest BCUT2D eigenvalue weighted by atomic mass is 19.1. The number of hydrogen-bond acceptors (Lipinski definition) is 7. The molecular weight excluding hydrogens is 414 g/mol. The van der Waals surface area contributed by atoms with Gasteiger partial charge in [-0.05, 0) is 26.0 Å². The molecule has 2 aromatic heterocycles. The maximum atomic E-state index is 14.3. The van der Waals surface area contributed by atoms with Crippen LogP contribution >= 0.6 is 0 Å². The number of halogens is 2. The number of rotatable bonds is 4. The number of anilines is 2. The van der Waals surface area contributed by atoms with Crippen LogP contribution in [-0.4, -0.2) is 65.5 Å². The minimum Gasteiger partial charge on any atom is -0.378 e. The predicted molar refractivity (Wildman–Crippen MR) is 119 cm³/mol. The van der Waals surface area contributed by atoms with Crippen LogP contribution in [0.25, 0.3) is 10.9 Å². The highest BCUT2D eigenvalue weighted by molar-refractivity contribution is 5.92. The molecule has 1 N–H and O–H groups in total. The maximum Gasteiger partial charge on any atom is 0.158 e. The molecule has 4 heterocycles. The number of pyridine rings is 1. The Labute approximate surface area is 185 Å². The van der Waals surface area contributed by atoms with Gasteiger partial charge in [0.05, 0.1) is 48.4 Å². The predicted octanol–water partition coefficient (Wildman–Crippen LogP) is 3.31. The Morgan fingerprint density at radius 1 is 1.16 bits per heavy atom. The van der Waals surface area contributed by atoms with Gasteiger partial charge in [0.15, 0.2) is 5.82 Å². The lowest BCUT2D eigenvalue weighted by Gasteiger charge is -2.44. The zero-order valence-electron chi connectivity index (χ0n) is 18.2. The number of piperazine rings is 1. The Hall–Kier alpha value is -2.91. The van der Waals surface area contributed by atoms with Gasteiger partial charge in [-0.3, -0.25) is 9.88 Å². The smallest absolute Gasteiger partial charge is 0.158 e. The van der Waals surface area contributed by atoms with Crippen LogP contribution < -0.4 is 10.2 Å². The van der Waals surface area contributed by atoms with E-state index < -0.39 is 17.7 Å². The third-order valence-corrected chi connectivity index (χ3v) is 6.36. The topological polar surface area (TPSA) is 66.4 Å². The third-order valence-electron chi connectivity index (χ3n) is 6.36. The molecule has 2 atom stereocenters. The molecule has 2 fully saturated rings. The lowest BCUT2D eigenvalue weighted by Crippen LogP contribution is -2.58. The lowest BCUT2D eigenvalue weighted by molar-refractivity contribution is -0.0116. The molecule has 0 unspecified atom stereocenters. The number of nitrogens with one attached hydrogen (secondary N) is 1. The molecule has 0 aliphatic carbocycles. The van der Waals surface area contributed by atoms with E-state index >= 15 is 0 Å². The molecule has 0 amide bonds. The fraction of sp³-hybridized carbons (Fsp3) is 0.435. The molecule has 9 heteroatoms. The summed E-state index contributed by atoms with van der Waals surface area (Å²) in [6.07, 6.45) is 1.88. The summed E-state index contributed by atoms with van der Waals surface area (Å²) in [5.74, 6) is -0.673. The van der Waals surface area contributed by atoms with Crippen molar-refractivity contribution in [2.24, 2.45) is 0 Å². The molecule has 32 heavy (non-hydrogen) atoms. The van der Waals surface area contributed by atoms with Crippen LogP contribution in [0.1, 0.15) is 24.2 Å². The average Bonchev–Trinajstić information content (AvgIpc) is 2.80. The Balaban J connectivity index is 1.45. The van der Waals surface area contributed by atoms with Crippen LogP contribution in [0, 0.1) is 18.6 Å². The molecule has 5 rings (SSSR count). The van der Waals surface area contributed by atoms with Gasteiger partial charge in [-0.2, -0.15) is 5.10 Å². The first-order valence-corrected chi connectivity index (χ1v) is 10.9. The lowest BCUT2D eigenvalue weighted by atomic mass is 10.1. The zero-order chi connectivity index (χ0) is 22.2. The van der Waals surface area contributed by atoms with Gasteiger partial charge in [0, 0.05) is 43.2 Å². The van der Waals surface area contributed by atoms with E-state index in [1.54, 1.807) is 0 Å². The van der Waals surface area contributed by atoms with Gasteiger partial charge in [0.2, 0.25) is 0 Å². The van der Waals surface area contributed by atoms with E-state index in [1.807, 2.05) is 20.0 Å². The second-order valence-electron chi connectivity index (χ2n) is 8.47. The van der Waals surface area contributed by atoms with Gasteiger partial charge < -0.3 is 15.0 Å². The highest BCUT2D eigenvalue weighted by Crippen LogP contribution is 2.30. The van der Waals surface area contributed by atoms with Gasteiger partial charge in [-0.1, -0.05) is 6.07 Å². The fourth-order valence-electron chi connectivity index (χ4n) is 4.54. The molecule has 0 spiro atoms. The van der Waals surface area contributed by atoms with Crippen LogP contribution in [0.3, 0.4) is 0 Å². The molecule has 2 saturated heterocycles. The number of benzene rings is 1.